The average molecular weight is 481 g/mol. The van der Waals surface area contributed by atoms with Crippen molar-refractivity contribution in [3.05, 3.63) is 63.7 Å². The lowest BCUT2D eigenvalue weighted by Gasteiger charge is -2.36. The highest BCUT2D eigenvalue weighted by atomic mass is 32.1. The number of fused-ring (bicyclic) bond motifs is 1. The number of unbranched alkanes of at least 4 members (excludes halogenated alkanes) is 2. The summed E-state index contributed by atoms with van der Waals surface area (Å²) in [6, 6.07) is 15.5. The van der Waals surface area contributed by atoms with Crippen LogP contribution in [0.5, 0.6) is 5.75 Å². The summed E-state index contributed by atoms with van der Waals surface area (Å²) in [4.78, 5) is 32.8. The molecule has 34 heavy (non-hydrogen) atoms. The van der Waals surface area contributed by atoms with E-state index in [1.165, 1.54) is 0 Å². The molecule has 1 aliphatic heterocycles. The lowest BCUT2D eigenvalue weighted by Crippen LogP contribution is -2.48. The van der Waals surface area contributed by atoms with Gasteiger partial charge in [-0.2, -0.15) is 0 Å². The topological polar surface area (TPSA) is 70.6 Å². The number of nitrogens with zero attached hydrogens (tertiary/aromatic N) is 3. The van der Waals surface area contributed by atoms with Crippen LogP contribution in [0.25, 0.3) is 10.9 Å². The van der Waals surface area contributed by atoms with Gasteiger partial charge in [0.2, 0.25) is 5.91 Å². The smallest absolute Gasteiger partial charge is 0.262 e. The number of carbonyl (C=O) groups excluding carboxylic acids is 1. The van der Waals surface area contributed by atoms with Crippen molar-refractivity contribution >= 4 is 34.7 Å². The second-order valence-corrected chi connectivity index (χ2v) is 8.90. The molecule has 180 valence electrons. The van der Waals surface area contributed by atoms with E-state index >= 15 is 0 Å². The van der Waals surface area contributed by atoms with E-state index in [2.05, 4.69) is 16.0 Å². The molecule has 7 nitrogen and oxygen atoms in total. The molecular formula is C26H32N4O3S. The number of hydrogen-bond donors (Lipinski definition) is 1. The molecule has 0 saturated carbocycles. The molecule has 0 spiro atoms. The summed E-state index contributed by atoms with van der Waals surface area (Å²) in [6.07, 6.45) is 3.03. The number of hydrogen-bond acceptors (Lipinski definition) is 5. The number of carbonyl (C=O) groups is 1. The first-order valence-corrected chi connectivity index (χ1v) is 12.5. The van der Waals surface area contributed by atoms with Crippen LogP contribution >= 0.6 is 12.2 Å². The third-order valence-corrected chi connectivity index (χ3v) is 6.62. The Labute approximate surface area is 205 Å². The summed E-state index contributed by atoms with van der Waals surface area (Å²) in [5.41, 5.74) is 1.80. The SMILES string of the molecule is CCOc1ccccc1N1CCN(C(=O)CCCCCn2c(=S)[nH]c3ccccc3c2=O)CC1. The number of anilines is 1. The molecule has 1 saturated heterocycles. The Balaban J connectivity index is 1.22. The van der Waals surface area contributed by atoms with E-state index in [1.54, 1.807) is 4.57 Å². The van der Waals surface area contributed by atoms with Crippen LogP contribution in [0.1, 0.15) is 32.6 Å². The highest BCUT2D eigenvalue weighted by Crippen LogP contribution is 2.28. The molecule has 8 heteroatoms. The normalized spacial score (nSPS) is 13.9. The number of benzene rings is 2. The van der Waals surface area contributed by atoms with E-state index in [4.69, 9.17) is 17.0 Å². The Morgan fingerprint density at radius 1 is 1.00 bits per heavy atom. The van der Waals surface area contributed by atoms with E-state index in [0.29, 0.717) is 29.7 Å². The van der Waals surface area contributed by atoms with Crippen LogP contribution in [0.15, 0.2) is 53.3 Å². The van der Waals surface area contributed by atoms with Crippen LogP contribution in [0.2, 0.25) is 0 Å². The lowest BCUT2D eigenvalue weighted by atomic mass is 10.1. The van der Waals surface area contributed by atoms with Crippen LogP contribution in [-0.4, -0.2) is 53.1 Å². The minimum atomic E-state index is -0.0563. The second-order valence-electron chi connectivity index (χ2n) is 8.51. The van der Waals surface area contributed by atoms with Gasteiger partial charge in [0, 0.05) is 39.1 Å². The fourth-order valence-corrected chi connectivity index (χ4v) is 4.76. The summed E-state index contributed by atoms with van der Waals surface area (Å²) in [5.74, 6) is 1.10. The molecule has 4 rings (SSSR count). The Bertz CT molecular complexity index is 1240. The van der Waals surface area contributed by atoms with Gasteiger partial charge in [0.25, 0.3) is 5.56 Å². The van der Waals surface area contributed by atoms with Crippen molar-refractivity contribution in [2.75, 3.05) is 37.7 Å². The monoisotopic (exact) mass is 480 g/mol. The highest BCUT2D eigenvalue weighted by Gasteiger charge is 2.22. The molecule has 1 N–H and O–H groups in total. The Morgan fingerprint density at radius 2 is 1.74 bits per heavy atom. The van der Waals surface area contributed by atoms with Gasteiger partial charge in [-0.1, -0.05) is 30.7 Å². The largest absolute Gasteiger partial charge is 0.492 e. The van der Waals surface area contributed by atoms with Gasteiger partial charge in [0.15, 0.2) is 4.77 Å². The number of piperazine rings is 1. The van der Waals surface area contributed by atoms with Crippen LogP contribution in [-0.2, 0) is 11.3 Å². The number of para-hydroxylation sites is 3. The molecule has 3 aromatic rings. The summed E-state index contributed by atoms with van der Waals surface area (Å²) in [6.45, 7) is 6.24. The van der Waals surface area contributed by atoms with Gasteiger partial charge in [0.05, 0.1) is 23.2 Å². The van der Waals surface area contributed by atoms with E-state index in [1.807, 2.05) is 54.3 Å². The predicted molar refractivity (Wildman–Crippen MR) is 138 cm³/mol. The zero-order valence-electron chi connectivity index (χ0n) is 19.7. The number of H-pyrrole nitrogens is 1. The maximum atomic E-state index is 12.7. The molecule has 1 fully saturated rings. The maximum absolute atomic E-state index is 12.7. The van der Waals surface area contributed by atoms with Crippen molar-refractivity contribution in [2.24, 2.45) is 0 Å². The molecule has 0 radical (unpaired) electrons. The van der Waals surface area contributed by atoms with Crippen LogP contribution in [0.4, 0.5) is 5.69 Å². The van der Waals surface area contributed by atoms with Crippen molar-refractivity contribution in [2.45, 2.75) is 39.2 Å². The second kappa shape index (κ2) is 11.3. The highest BCUT2D eigenvalue weighted by molar-refractivity contribution is 7.71. The number of rotatable bonds is 9. The van der Waals surface area contributed by atoms with Crippen molar-refractivity contribution in [3.8, 4) is 5.75 Å². The zero-order chi connectivity index (χ0) is 23.9. The fourth-order valence-electron chi connectivity index (χ4n) is 4.48. The number of aromatic amines is 1. The van der Waals surface area contributed by atoms with Crippen LogP contribution < -0.4 is 15.2 Å². The zero-order valence-corrected chi connectivity index (χ0v) is 20.5. The lowest BCUT2D eigenvalue weighted by molar-refractivity contribution is -0.131. The van der Waals surface area contributed by atoms with Gasteiger partial charge in [-0.3, -0.25) is 14.2 Å². The predicted octanol–water partition coefficient (Wildman–Crippen LogP) is 4.37. The molecule has 2 heterocycles. The van der Waals surface area contributed by atoms with Gasteiger partial charge in [0.1, 0.15) is 5.75 Å². The number of amides is 1. The van der Waals surface area contributed by atoms with Gasteiger partial charge in [-0.25, -0.2) is 0 Å². The van der Waals surface area contributed by atoms with E-state index in [-0.39, 0.29) is 11.5 Å². The Hall–Kier alpha value is -3.13. The van der Waals surface area contributed by atoms with Crippen LogP contribution in [0.3, 0.4) is 0 Å². The molecule has 0 atom stereocenters. The van der Waals surface area contributed by atoms with Gasteiger partial charge in [-0.15, -0.1) is 0 Å². The van der Waals surface area contributed by atoms with Crippen molar-refractivity contribution in [1.29, 1.82) is 0 Å². The first kappa shape index (κ1) is 24.0. The summed E-state index contributed by atoms with van der Waals surface area (Å²) >= 11 is 5.37. The van der Waals surface area contributed by atoms with Gasteiger partial charge < -0.3 is 19.5 Å². The third-order valence-electron chi connectivity index (χ3n) is 6.30. The Kier molecular flexibility index (Phi) is 8.00. The first-order valence-electron chi connectivity index (χ1n) is 12.0. The van der Waals surface area contributed by atoms with Crippen LogP contribution in [0, 0.1) is 4.77 Å². The molecular weight excluding hydrogens is 448 g/mol. The number of aromatic nitrogens is 2. The van der Waals surface area contributed by atoms with Crippen molar-refractivity contribution in [1.82, 2.24) is 14.5 Å². The van der Waals surface area contributed by atoms with E-state index < -0.39 is 0 Å². The number of ether oxygens (including phenoxy) is 1. The molecule has 0 aliphatic carbocycles. The standard InChI is InChI=1S/C26H32N4O3S/c1-2-33-23-13-8-7-12-22(23)28-16-18-29(19-17-28)24(31)14-4-3-9-15-30-25(32)20-10-5-6-11-21(20)27-26(30)34/h5-8,10-13H,2-4,9,14-19H2,1H3,(H,27,34). The first-order chi connectivity index (χ1) is 16.6. The minimum absolute atomic E-state index is 0.0563. The molecule has 1 amide bonds. The van der Waals surface area contributed by atoms with Gasteiger partial charge >= 0.3 is 0 Å². The summed E-state index contributed by atoms with van der Waals surface area (Å²) in [5, 5.41) is 0.648. The van der Waals surface area contributed by atoms with Crippen molar-refractivity contribution in [3.63, 3.8) is 0 Å². The average Bonchev–Trinajstić information content (AvgIpc) is 2.86. The maximum Gasteiger partial charge on any atom is 0.262 e. The Morgan fingerprint density at radius 3 is 2.53 bits per heavy atom. The third kappa shape index (κ3) is 5.50. The molecule has 1 aliphatic rings. The quantitative estimate of drug-likeness (QED) is 0.364. The van der Waals surface area contributed by atoms with E-state index in [9.17, 15) is 9.59 Å². The molecule has 0 bridgehead atoms. The number of nitrogens with one attached hydrogen (secondary N) is 1. The van der Waals surface area contributed by atoms with Crippen molar-refractivity contribution < 1.29 is 9.53 Å². The minimum Gasteiger partial charge on any atom is -0.492 e. The molecule has 2 aromatic carbocycles. The fraction of sp³-hybridized carbons (Fsp3) is 0.423. The molecule has 1 aromatic heterocycles. The van der Waals surface area contributed by atoms with Gasteiger partial charge in [-0.05, 0) is 56.2 Å². The van der Waals surface area contributed by atoms with E-state index in [0.717, 1.165) is 62.4 Å². The molecule has 0 unspecified atom stereocenters. The summed E-state index contributed by atoms with van der Waals surface area (Å²) < 4.78 is 7.83. The summed E-state index contributed by atoms with van der Waals surface area (Å²) in [7, 11) is 0.